The van der Waals surface area contributed by atoms with Crippen molar-refractivity contribution >= 4 is 5.57 Å². The molecule has 0 aliphatic heterocycles. The molecular formula is C15H12. The summed E-state index contributed by atoms with van der Waals surface area (Å²) in [7, 11) is 0. The van der Waals surface area contributed by atoms with Crippen LogP contribution in [-0.2, 0) is 0 Å². The minimum atomic E-state index is 1.14. The van der Waals surface area contributed by atoms with Gasteiger partial charge >= 0.3 is 0 Å². The van der Waals surface area contributed by atoms with E-state index >= 15 is 0 Å². The Morgan fingerprint density at radius 2 is 1.53 bits per heavy atom. The van der Waals surface area contributed by atoms with E-state index in [-0.39, 0.29) is 0 Å². The number of hydrogen-bond donors (Lipinski definition) is 0. The van der Waals surface area contributed by atoms with Gasteiger partial charge < -0.3 is 0 Å². The molecule has 0 saturated carbocycles. The van der Waals surface area contributed by atoms with Crippen LogP contribution in [0.15, 0.2) is 49.0 Å². The standard InChI is InChI=1S/C15H12/c1-10(2)11-8-5-9-14-12-6-3-4-7-13(12)15(11)14/h3-9H,1H2,2H3. The third-order valence-corrected chi connectivity index (χ3v) is 3.01. The van der Waals surface area contributed by atoms with Crippen molar-refractivity contribution in [1.82, 2.24) is 0 Å². The molecule has 0 unspecified atom stereocenters. The largest absolute Gasteiger partial charge is 0.0955 e. The van der Waals surface area contributed by atoms with Gasteiger partial charge in [0.1, 0.15) is 0 Å². The van der Waals surface area contributed by atoms with Crippen molar-refractivity contribution < 1.29 is 0 Å². The molecule has 0 saturated heterocycles. The van der Waals surface area contributed by atoms with Gasteiger partial charge in [0.2, 0.25) is 0 Å². The highest BCUT2D eigenvalue weighted by molar-refractivity contribution is 6.06. The Kier molecular flexibility index (Phi) is 1.60. The molecule has 0 bridgehead atoms. The van der Waals surface area contributed by atoms with Gasteiger partial charge in [-0.3, -0.25) is 0 Å². The van der Waals surface area contributed by atoms with Crippen LogP contribution in [0, 0.1) is 0 Å². The van der Waals surface area contributed by atoms with Crippen LogP contribution in [0.4, 0.5) is 0 Å². The van der Waals surface area contributed by atoms with Gasteiger partial charge in [-0.25, -0.2) is 0 Å². The minimum Gasteiger partial charge on any atom is -0.0955 e. The number of rotatable bonds is 1. The molecule has 72 valence electrons. The minimum absolute atomic E-state index is 1.14. The molecule has 0 heteroatoms. The molecule has 0 atom stereocenters. The summed E-state index contributed by atoms with van der Waals surface area (Å²) in [4.78, 5) is 0. The highest BCUT2D eigenvalue weighted by Gasteiger charge is 2.23. The molecule has 2 aromatic carbocycles. The van der Waals surface area contributed by atoms with E-state index in [1.54, 1.807) is 0 Å². The third kappa shape index (κ3) is 1.02. The van der Waals surface area contributed by atoms with E-state index in [4.69, 9.17) is 0 Å². The predicted octanol–water partition coefficient (Wildman–Crippen LogP) is 4.37. The molecule has 0 aromatic heterocycles. The zero-order valence-corrected chi connectivity index (χ0v) is 8.75. The summed E-state index contributed by atoms with van der Waals surface area (Å²) < 4.78 is 0. The molecule has 0 N–H and O–H groups in total. The Balaban J connectivity index is 2.30. The fourth-order valence-corrected chi connectivity index (χ4v) is 2.30. The first-order valence-corrected chi connectivity index (χ1v) is 5.17. The zero-order valence-electron chi connectivity index (χ0n) is 8.75. The smallest absolute Gasteiger partial charge is 0.00239 e. The van der Waals surface area contributed by atoms with Crippen LogP contribution in [-0.4, -0.2) is 0 Å². The van der Waals surface area contributed by atoms with Crippen molar-refractivity contribution in [2.45, 2.75) is 6.92 Å². The molecule has 0 heterocycles. The van der Waals surface area contributed by atoms with E-state index in [0.717, 1.165) is 5.57 Å². The van der Waals surface area contributed by atoms with Gasteiger partial charge in [-0.2, -0.15) is 0 Å². The first-order valence-electron chi connectivity index (χ1n) is 5.17. The lowest BCUT2D eigenvalue weighted by Gasteiger charge is -2.26. The summed E-state index contributed by atoms with van der Waals surface area (Å²) in [5.74, 6) is 0. The second-order valence-corrected chi connectivity index (χ2v) is 4.05. The van der Waals surface area contributed by atoms with E-state index in [0.29, 0.717) is 0 Å². The van der Waals surface area contributed by atoms with Crippen LogP contribution in [0.2, 0.25) is 0 Å². The second kappa shape index (κ2) is 2.83. The topological polar surface area (TPSA) is 0 Å². The van der Waals surface area contributed by atoms with Crippen LogP contribution in [0.5, 0.6) is 0 Å². The SMILES string of the molecule is C=C(C)c1cccc2c1-c1ccccc1-2. The lowest BCUT2D eigenvalue weighted by Crippen LogP contribution is -2.01. The van der Waals surface area contributed by atoms with Gasteiger partial charge in [0, 0.05) is 0 Å². The fraction of sp³-hybridized carbons (Fsp3) is 0.0667. The molecule has 0 nitrogen and oxygen atoms in total. The van der Waals surface area contributed by atoms with Crippen LogP contribution in [0.25, 0.3) is 27.8 Å². The Bertz CT molecular complexity index is 562. The summed E-state index contributed by atoms with van der Waals surface area (Å²) in [6.07, 6.45) is 0. The van der Waals surface area contributed by atoms with Gasteiger partial charge in [0.25, 0.3) is 0 Å². The number of fused-ring (bicyclic) bond motifs is 4. The number of benzene rings is 2. The Morgan fingerprint density at radius 3 is 2.27 bits per heavy atom. The normalized spacial score (nSPS) is 11.3. The molecule has 15 heavy (non-hydrogen) atoms. The zero-order chi connectivity index (χ0) is 10.4. The Labute approximate surface area is 89.9 Å². The van der Waals surface area contributed by atoms with E-state index in [9.17, 15) is 0 Å². The van der Waals surface area contributed by atoms with Crippen molar-refractivity contribution in [3.05, 3.63) is 54.6 Å². The summed E-state index contributed by atoms with van der Waals surface area (Å²) in [6.45, 7) is 6.10. The van der Waals surface area contributed by atoms with Gasteiger partial charge in [-0.15, -0.1) is 0 Å². The van der Waals surface area contributed by atoms with Crippen molar-refractivity contribution in [1.29, 1.82) is 0 Å². The molecule has 2 aromatic rings. The lowest BCUT2D eigenvalue weighted by atomic mass is 9.77. The van der Waals surface area contributed by atoms with Gasteiger partial charge in [-0.05, 0) is 34.7 Å². The van der Waals surface area contributed by atoms with Crippen LogP contribution >= 0.6 is 0 Å². The number of allylic oxidation sites excluding steroid dienone is 1. The quantitative estimate of drug-likeness (QED) is 0.537. The van der Waals surface area contributed by atoms with E-state index in [1.165, 1.54) is 27.8 Å². The maximum absolute atomic E-state index is 4.03. The average Bonchev–Trinajstić information content (AvgIpc) is 2.24. The highest BCUT2D eigenvalue weighted by Crippen LogP contribution is 2.49. The average molecular weight is 192 g/mol. The lowest BCUT2D eigenvalue weighted by molar-refractivity contribution is 1.48. The maximum atomic E-state index is 4.03. The monoisotopic (exact) mass is 192 g/mol. The van der Waals surface area contributed by atoms with E-state index < -0.39 is 0 Å². The third-order valence-electron chi connectivity index (χ3n) is 3.01. The van der Waals surface area contributed by atoms with Crippen LogP contribution in [0.3, 0.4) is 0 Å². The van der Waals surface area contributed by atoms with Gasteiger partial charge in [0.15, 0.2) is 0 Å². The molecule has 1 aliphatic rings. The van der Waals surface area contributed by atoms with Crippen molar-refractivity contribution in [3.8, 4) is 22.3 Å². The molecule has 1 aliphatic carbocycles. The Morgan fingerprint density at radius 1 is 0.867 bits per heavy atom. The van der Waals surface area contributed by atoms with E-state index in [1.807, 2.05) is 0 Å². The van der Waals surface area contributed by atoms with Crippen molar-refractivity contribution in [3.63, 3.8) is 0 Å². The van der Waals surface area contributed by atoms with Gasteiger partial charge in [-0.1, -0.05) is 54.6 Å². The Hall–Kier alpha value is -1.82. The predicted molar refractivity (Wildman–Crippen MR) is 65.6 cm³/mol. The van der Waals surface area contributed by atoms with E-state index in [2.05, 4.69) is 56.0 Å². The molecule has 0 radical (unpaired) electrons. The summed E-state index contributed by atoms with van der Waals surface area (Å²) in [5.41, 5.74) is 7.90. The van der Waals surface area contributed by atoms with Crippen LogP contribution < -0.4 is 0 Å². The first-order chi connectivity index (χ1) is 7.29. The summed E-state index contributed by atoms with van der Waals surface area (Å²) in [5, 5.41) is 0. The van der Waals surface area contributed by atoms with Crippen molar-refractivity contribution in [2.75, 3.05) is 0 Å². The maximum Gasteiger partial charge on any atom is -0.00239 e. The molecule has 0 spiro atoms. The highest BCUT2D eigenvalue weighted by atomic mass is 14.3. The molecule has 0 fully saturated rings. The van der Waals surface area contributed by atoms with Crippen molar-refractivity contribution in [2.24, 2.45) is 0 Å². The molecule has 3 rings (SSSR count). The van der Waals surface area contributed by atoms with Gasteiger partial charge in [0.05, 0.1) is 0 Å². The number of hydrogen-bond acceptors (Lipinski definition) is 0. The fourth-order valence-electron chi connectivity index (χ4n) is 2.30. The first kappa shape index (κ1) is 8.49. The summed E-state index contributed by atoms with van der Waals surface area (Å²) >= 11 is 0. The van der Waals surface area contributed by atoms with Crippen LogP contribution in [0.1, 0.15) is 12.5 Å². The summed E-state index contributed by atoms with van der Waals surface area (Å²) in [6, 6.07) is 15.0. The second-order valence-electron chi connectivity index (χ2n) is 4.05. The molecular weight excluding hydrogens is 180 g/mol. The molecule has 0 amide bonds.